The predicted molar refractivity (Wildman–Crippen MR) is 71.3 cm³/mol. The van der Waals surface area contributed by atoms with E-state index in [9.17, 15) is 9.59 Å². The standard InChI is InChI=1S/C13H17ClN2O3/c14-10-6-11(15-7-10)13(19)16-5-1-2-9(8-16)3-4-12(17)18/h6-7,9,15H,1-5,8H2,(H,17,18). The lowest BCUT2D eigenvalue weighted by Gasteiger charge is -2.32. The summed E-state index contributed by atoms with van der Waals surface area (Å²) < 4.78 is 0. The minimum atomic E-state index is -0.778. The number of hydrogen-bond acceptors (Lipinski definition) is 2. The summed E-state index contributed by atoms with van der Waals surface area (Å²) in [6.07, 6.45) is 4.29. The third-order valence-corrected chi connectivity index (χ3v) is 3.67. The van der Waals surface area contributed by atoms with Gasteiger partial charge in [0, 0.05) is 25.7 Å². The maximum atomic E-state index is 12.2. The van der Waals surface area contributed by atoms with Crippen LogP contribution in [0.3, 0.4) is 0 Å². The molecular formula is C13H17ClN2O3. The first-order chi connectivity index (χ1) is 9.06. The van der Waals surface area contributed by atoms with Crippen molar-refractivity contribution in [1.29, 1.82) is 0 Å². The molecule has 19 heavy (non-hydrogen) atoms. The second kappa shape index (κ2) is 6.10. The van der Waals surface area contributed by atoms with Crippen molar-refractivity contribution in [3.63, 3.8) is 0 Å². The third-order valence-electron chi connectivity index (χ3n) is 3.45. The van der Waals surface area contributed by atoms with E-state index in [-0.39, 0.29) is 18.2 Å². The Morgan fingerprint density at radius 2 is 2.32 bits per heavy atom. The monoisotopic (exact) mass is 284 g/mol. The van der Waals surface area contributed by atoms with Crippen molar-refractivity contribution >= 4 is 23.5 Å². The average molecular weight is 285 g/mol. The Morgan fingerprint density at radius 1 is 1.53 bits per heavy atom. The topological polar surface area (TPSA) is 73.4 Å². The van der Waals surface area contributed by atoms with Crippen LogP contribution < -0.4 is 0 Å². The number of H-pyrrole nitrogens is 1. The van der Waals surface area contributed by atoms with E-state index < -0.39 is 5.97 Å². The predicted octanol–water partition coefficient (Wildman–Crippen LogP) is 2.39. The van der Waals surface area contributed by atoms with Crippen LogP contribution in [0.2, 0.25) is 5.02 Å². The summed E-state index contributed by atoms with van der Waals surface area (Å²) in [5.74, 6) is -0.564. The molecule has 1 fully saturated rings. The minimum Gasteiger partial charge on any atom is -0.481 e. The number of likely N-dealkylation sites (tertiary alicyclic amines) is 1. The molecule has 1 aromatic heterocycles. The number of carbonyl (C=O) groups is 2. The molecule has 2 N–H and O–H groups in total. The van der Waals surface area contributed by atoms with Crippen LogP contribution in [0.4, 0.5) is 0 Å². The lowest BCUT2D eigenvalue weighted by atomic mass is 9.93. The smallest absolute Gasteiger partial charge is 0.303 e. The number of nitrogens with one attached hydrogen (secondary N) is 1. The molecule has 1 atom stereocenters. The first kappa shape index (κ1) is 13.9. The van der Waals surface area contributed by atoms with Crippen molar-refractivity contribution in [1.82, 2.24) is 9.88 Å². The van der Waals surface area contributed by atoms with Gasteiger partial charge in [-0.2, -0.15) is 0 Å². The van der Waals surface area contributed by atoms with Crippen molar-refractivity contribution in [3.8, 4) is 0 Å². The zero-order chi connectivity index (χ0) is 13.8. The molecule has 6 heteroatoms. The fourth-order valence-corrected chi connectivity index (χ4v) is 2.64. The van der Waals surface area contributed by atoms with Gasteiger partial charge in [0.1, 0.15) is 5.69 Å². The van der Waals surface area contributed by atoms with Crippen LogP contribution in [0.25, 0.3) is 0 Å². The molecule has 0 radical (unpaired) electrons. The Labute approximate surface area is 116 Å². The Hall–Kier alpha value is -1.49. The van der Waals surface area contributed by atoms with Crippen LogP contribution in [0, 0.1) is 5.92 Å². The number of carboxylic acids is 1. The van der Waals surface area contributed by atoms with E-state index in [2.05, 4.69) is 4.98 Å². The number of halogens is 1. The molecule has 0 saturated carbocycles. The average Bonchev–Trinajstić information content (AvgIpc) is 2.82. The second-order valence-electron chi connectivity index (χ2n) is 4.92. The van der Waals surface area contributed by atoms with Crippen LogP contribution in [0.5, 0.6) is 0 Å². The van der Waals surface area contributed by atoms with Gasteiger partial charge in [-0.05, 0) is 31.2 Å². The molecule has 1 amide bonds. The number of amides is 1. The van der Waals surface area contributed by atoms with Gasteiger partial charge in [0.25, 0.3) is 5.91 Å². The highest BCUT2D eigenvalue weighted by Crippen LogP contribution is 2.22. The zero-order valence-corrected chi connectivity index (χ0v) is 11.3. The van der Waals surface area contributed by atoms with Gasteiger partial charge < -0.3 is 15.0 Å². The van der Waals surface area contributed by atoms with Gasteiger partial charge >= 0.3 is 5.97 Å². The van der Waals surface area contributed by atoms with Crippen molar-refractivity contribution in [3.05, 3.63) is 23.0 Å². The number of piperidine rings is 1. The summed E-state index contributed by atoms with van der Waals surface area (Å²) in [5.41, 5.74) is 0.490. The number of hydrogen-bond donors (Lipinski definition) is 2. The molecule has 2 heterocycles. The van der Waals surface area contributed by atoms with E-state index in [1.807, 2.05) is 0 Å². The number of aliphatic carboxylic acids is 1. The molecule has 1 unspecified atom stereocenters. The molecule has 0 bridgehead atoms. The van der Waals surface area contributed by atoms with E-state index in [1.54, 1.807) is 17.2 Å². The van der Waals surface area contributed by atoms with Crippen LogP contribution in [-0.2, 0) is 4.79 Å². The molecule has 2 rings (SSSR count). The van der Waals surface area contributed by atoms with Crippen LogP contribution in [0.15, 0.2) is 12.3 Å². The van der Waals surface area contributed by atoms with Crippen LogP contribution in [-0.4, -0.2) is 40.0 Å². The fraction of sp³-hybridized carbons (Fsp3) is 0.538. The first-order valence-corrected chi connectivity index (χ1v) is 6.79. The highest BCUT2D eigenvalue weighted by Gasteiger charge is 2.25. The van der Waals surface area contributed by atoms with Gasteiger partial charge in [0.15, 0.2) is 0 Å². The normalized spacial score (nSPS) is 19.4. The second-order valence-corrected chi connectivity index (χ2v) is 5.36. The summed E-state index contributed by atoms with van der Waals surface area (Å²) >= 11 is 5.79. The summed E-state index contributed by atoms with van der Waals surface area (Å²) in [6, 6.07) is 1.62. The lowest BCUT2D eigenvalue weighted by Crippen LogP contribution is -2.40. The van der Waals surface area contributed by atoms with Crippen LogP contribution >= 0.6 is 11.6 Å². The Kier molecular flexibility index (Phi) is 4.47. The molecule has 1 aliphatic heterocycles. The number of nitrogens with zero attached hydrogens (tertiary/aromatic N) is 1. The molecular weight excluding hydrogens is 268 g/mol. The molecule has 0 aromatic carbocycles. The third kappa shape index (κ3) is 3.73. The van der Waals surface area contributed by atoms with Gasteiger partial charge in [0.05, 0.1) is 5.02 Å². The number of carboxylic acid groups (broad SMARTS) is 1. The Balaban J connectivity index is 1.93. The number of carbonyl (C=O) groups excluding carboxylic acids is 1. The number of aromatic nitrogens is 1. The number of aromatic amines is 1. The molecule has 1 saturated heterocycles. The highest BCUT2D eigenvalue weighted by molar-refractivity contribution is 6.30. The van der Waals surface area contributed by atoms with Gasteiger partial charge in [-0.1, -0.05) is 11.6 Å². The maximum Gasteiger partial charge on any atom is 0.303 e. The molecule has 1 aromatic rings. The van der Waals surface area contributed by atoms with Crippen LogP contribution in [0.1, 0.15) is 36.2 Å². The van der Waals surface area contributed by atoms with Crippen molar-refractivity contribution < 1.29 is 14.7 Å². The van der Waals surface area contributed by atoms with Gasteiger partial charge in [-0.25, -0.2) is 0 Å². The quantitative estimate of drug-likeness (QED) is 0.891. The van der Waals surface area contributed by atoms with E-state index in [0.717, 1.165) is 19.4 Å². The molecule has 0 spiro atoms. The fourth-order valence-electron chi connectivity index (χ4n) is 2.47. The zero-order valence-electron chi connectivity index (χ0n) is 10.6. The van der Waals surface area contributed by atoms with Gasteiger partial charge in [-0.3, -0.25) is 9.59 Å². The van der Waals surface area contributed by atoms with Gasteiger partial charge in [0.2, 0.25) is 0 Å². The minimum absolute atomic E-state index is 0.0630. The summed E-state index contributed by atoms with van der Waals surface area (Å²) in [4.78, 5) is 27.4. The Bertz CT molecular complexity index is 472. The lowest BCUT2D eigenvalue weighted by molar-refractivity contribution is -0.137. The molecule has 1 aliphatic rings. The highest BCUT2D eigenvalue weighted by atomic mass is 35.5. The van der Waals surface area contributed by atoms with Crippen molar-refractivity contribution in [2.45, 2.75) is 25.7 Å². The van der Waals surface area contributed by atoms with E-state index in [4.69, 9.17) is 16.7 Å². The Morgan fingerprint density at radius 3 is 2.95 bits per heavy atom. The first-order valence-electron chi connectivity index (χ1n) is 6.41. The summed E-state index contributed by atoms with van der Waals surface area (Å²) in [7, 11) is 0. The van der Waals surface area contributed by atoms with Gasteiger partial charge in [-0.15, -0.1) is 0 Å². The summed E-state index contributed by atoms with van der Waals surface area (Å²) in [5, 5.41) is 9.22. The SMILES string of the molecule is O=C(O)CCC1CCCN(C(=O)c2cc(Cl)c[nH]2)C1. The number of rotatable bonds is 4. The van der Waals surface area contributed by atoms with E-state index >= 15 is 0 Å². The molecule has 104 valence electrons. The van der Waals surface area contributed by atoms with E-state index in [1.165, 1.54) is 0 Å². The van der Waals surface area contributed by atoms with Crippen molar-refractivity contribution in [2.24, 2.45) is 5.92 Å². The summed E-state index contributed by atoms with van der Waals surface area (Å²) in [6.45, 7) is 1.35. The maximum absolute atomic E-state index is 12.2. The largest absolute Gasteiger partial charge is 0.481 e. The molecule has 5 nitrogen and oxygen atoms in total. The van der Waals surface area contributed by atoms with E-state index in [0.29, 0.717) is 23.7 Å². The van der Waals surface area contributed by atoms with Crippen molar-refractivity contribution in [2.75, 3.05) is 13.1 Å². The molecule has 0 aliphatic carbocycles.